The fraction of sp³-hybridized carbons (Fsp3) is 0.429. The predicted octanol–water partition coefficient (Wildman–Crippen LogP) is 3.49. The van der Waals surface area contributed by atoms with Gasteiger partial charge >= 0.3 is 6.18 Å². The summed E-state index contributed by atoms with van der Waals surface area (Å²) in [5.41, 5.74) is -0.0639. The lowest BCUT2D eigenvalue weighted by Crippen LogP contribution is -2.44. The van der Waals surface area contributed by atoms with Gasteiger partial charge in [-0.3, -0.25) is 4.90 Å². The molecular weight excluding hydrogens is 289 g/mol. The molecular formula is C14H16ClF3N2. The molecule has 6 heteroatoms. The second-order valence-electron chi connectivity index (χ2n) is 4.70. The van der Waals surface area contributed by atoms with E-state index in [1.54, 1.807) is 6.08 Å². The summed E-state index contributed by atoms with van der Waals surface area (Å²) < 4.78 is 38.1. The maximum absolute atomic E-state index is 12.7. The van der Waals surface area contributed by atoms with Gasteiger partial charge in [0.15, 0.2) is 0 Å². The second kappa shape index (κ2) is 6.16. The number of alkyl halides is 3. The molecule has 2 nitrogen and oxygen atoms in total. The molecule has 1 aliphatic rings. The Labute approximate surface area is 121 Å². The van der Waals surface area contributed by atoms with Crippen LogP contribution in [0.25, 0.3) is 0 Å². The average molecular weight is 305 g/mol. The van der Waals surface area contributed by atoms with Gasteiger partial charge in [-0.2, -0.15) is 13.2 Å². The van der Waals surface area contributed by atoms with Crippen LogP contribution in [0.3, 0.4) is 0 Å². The molecule has 1 atom stereocenters. The fourth-order valence-corrected chi connectivity index (χ4v) is 2.70. The first-order valence-electron chi connectivity index (χ1n) is 6.37. The van der Waals surface area contributed by atoms with E-state index >= 15 is 0 Å². The minimum absolute atomic E-state index is 0.114. The smallest absolute Gasteiger partial charge is 0.314 e. The number of hydrogen-bond donors (Lipinski definition) is 1. The summed E-state index contributed by atoms with van der Waals surface area (Å²) in [5.74, 6) is 0. The van der Waals surface area contributed by atoms with Crippen molar-refractivity contribution in [3.05, 3.63) is 47.0 Å². The first-order valence-corrected chi connectivity index (χ1v) is 6.75. The highest BCUT2D eigenvalue weighted by molar-refractivity contribution is 6.31. The number of nitrogens with zero attached hydrogens (tertiary/aromatic N) is 1. The third kappa shape index (κ3) is 3.34. The minimum Gasteiger partial charge on any atom is -0.314 e. The maximum atomic E-state index is 12.7. The predicted molar refractivity (Wildman–Crippen MR) is 73.8 cm³/mol. The van der Waals surface area contributed by atoms with E-state index in [4.69, 9.17) is 11.6 Å². The van der Waals surface area contributed by atoms with Crippen LogP contribution in [0.1, 0.15) is 17.2 Å². The van der Waals surface area contributed by atoms with E-state index in [2.05, 4.69) is 16.8 Å². The van der Waals surface area contributed by atoms with Crippen molar-refractivity contribution in [1.82, 2.24) is 10.2 Å². The van der Waals surface area contributed by atoms with E-state index in [9.17, 15) is 13.2 Å². The Morgan fingerprint density at radius 3 is 2.45 bits per heavy atom. The van der Waals surface area contributed by atoms with Gasteiger partial charge in [0.25, 0.3) is 0 Å². The standard InChI is InChI=1S/C14H16ClF3N2/c1-2-13(20-7-5-19-6-8-20)10-3-4-11(12(15)9-10)14(16,17)18/h2-4,9,13,19H,1,5-8H2/t13-/m1/s1. The highest BCUT2D eigenvalue weighted by atomic mass is 35.5. The van der Waals surface area contributed by atoms with Crippen molar-refractivity contribution in [2.75, 3.05) is 26.2 Å². The monoisotopic (exact) mass is 304 g/mol. The molecule has 1 fully saturated rings. The van der Waals surface area contributed by atoms with Crippen LogP contribution in [0, 0.1) is 0 Å². The van der Waals surface area contributed by atoms with E-state index < -0.39 is 11.7 Å². The lowest BCUT2D eigenvalue weighted by atomic mass is 10.0. The molecule has 0 spiro atoms. The lowest BCUT2D eigenvalue weighted by molar-refractivity contribution is -0.137. The van der Waals surface area contributed by atoms with Crippen LogP contribution in [0.15, 0.2) is 30.9 Å². The average Bonchev–Trinajstić information content (AvgIpc) is 2.39. The van der Waals surface area contributed by atoms with Gasteiger partial charge in [-0.25, -0.2) is 0 Å². The van der Waals surface area contributed by atoms with Gasteiger partial charge in [-0.05, 0) is 17.7 Å². The zero-order valence-electron chi connectivity index (χ0n) is 10.9. The maximum Gasteiger partial charge on any atom is 0.417 e. The summed E-state index contributed by atoms with van der Waals surface area (Å²) >= 11 is 5.77. The third-order valence-corrected chi connectivity index (χ3v) is 3.72. The Hall–Kier alpha value is -1.04. The molecule has 0 aromatic heterocycles. The largest absolute Gasteiger partial charge is 0.417 e. The molecule has 1 aliphatic heterocycles. The minimum atomic E-state index is -4.42. The fourth-order valence-electron chi connectivity index (χ4n) is 2.40. The van der Waals surface area contributed by atoms with E-state index in [0.29, 0.717) is 0 Å². The number of rotatable bonds is 3. The van der Waals surface area contributed by atoms with E-state index in [-0.39, 0.29) is 11.1 Å². The van der Waals surface area contributed by atoms with Crippen LogP contribution in [-0.4, -0.2) is 31.1 Å². The molecule has 20 heavy (non-hydrogen) atoms. The topological polar surface area (TPSA) is 15.3 Å². The summed E-state index contributed by atoms with van der Waals surface area (Å²) in [6, 6.07) is 3.79. The van der Waals surface area contributed by atoms with Crippen molar-refractivity contribution >= 4 is 11.6 Å². The quantitative estimate of drug-likeness (QED) is 0.860. The molecule has 0 bridgehead atoms. The summed E-state index contributed by atoms with van der Waals surface area (Å²) in [7, 11) is 0. The normalized spacial score (nSPS) is 18.8. The summed E-state index contributed by atoms with van der Waals surface area (Å²) in [5, 5.41) is 2.97. The van der Waals surface area contributed by atoms with Gasteiger partial charge in [0.05, 0.1) is 16.6 Å². The molecule has 1 aromatic carbocycles. The first kappa shape index (κ1) is 15.4. The van der Waals surface area contributed by atoms with E-state index in [1.807, 2.05) is 0 Å². The first-order chi connectivity index (χ1) is 9.43. The van der Waals surface area contributed by atoms with Gasteiger partial charge in [-0.15, -0.1) is 6.58 Å². The number of hydrogen-bond acceptors (Lipinski definition) is 2. The lowest BCUT2D eigenvalue weighted by Gasteiger charge is -2.33. The van der Waals surface area contributed by atoms with Crippen molar-refractivity contribution in [2.24, 2.45) is 0 Å². The van der Waals surface area contributed by atoms with Crippen molar-refractivity contribution in [3.63, 3.8) is 0 Å². The Morgan fingerprint density at radius 2 is 1.95 bits per heavy atom. The Kier molecular flexibility index (Phi) is 4.73. The number of piperazine rings is 1. The Morgan fingerprint density at radius 1 is 1.30 bits per heavy atom. The van der Waals surface area contributed by atoms with Crippen molar-refractivity contribution in [2.45, 2.75) is 12.2 Å². The molecule has 2 rings (SSSR count). The molecule has 1 heterocycles. The molecule has 0 saturated carbocycles. The zero-order valence-corrected chi connectivity index (χ0v) is 11.6. The highest BCUT2D eigenvalue weighted by Gasteiger charge is 2.33. The van der Waals surface area contributed by atoms with Gasteiger partial charge in [-0.1, -0.05) is 23.7 Å². The second-order valence-corrected chi connectivity index (χ2v) is 5.11. The van der Waals surface area contributed by atoms with Crippen molar-refractivity contribution in [3.8, 4) is 0 Å². The Balaban J connectivity index is 2.27. The number of halogens is 4. The SMILES string of the molecule is C=C[C@H](c1ccc(C(F)(F)F)c(Cl)c1)N1CCNCC1. The van der Waals surface area contributed by atoms with Crippen molar-refractivity contribution in [1.29, 1.82) is 0 Å². The summed E-state index contributed by atoms with van der Waals surface area (Å²) in [6.45, 7) is 7.16. The van der Waals surface area contributed by atoms with Crippen LogP contribution in [0.5, 0.6) is 0 Å². The molecule has 1 aromatic rings. The summed E-state index contributed by atoms with van der Waals surface area (Å²) in [6.07, 6.45) is -2.68. The molecule has 110 valence electrons. The van der Waals surface area contributed by atoms with Crippen LogP contribution < -0.4 is 5.32 Å². The number of nitrogens with one attached hydrogen (secondary N) is 1. The molecule has 0 amide bonds. The van der Waals surface area contributed by atoms with E-state index in [1.165, 1.54) is 12.1 Å². The molecule has 0 radical (unpaired) electrons. The molecule has 1 N–H and O–H groups in total. The van der Waals surface area contributed by atoms with Gasteiger partial charge in [0.1, 0.15) is 0 Å². The summed E-state index contributed by atoms with van der Waals surface area (Å²) in [4.78, 5) is 2.17. The molecule has 0 aliphatic carbocycles. The van der Waals surface area contributed by atoms with Gasteiger partial charge in [0.2, 0.25) is 0 Å². The molecule has 1 saturated heterocycles. The van der Waals surface area contributed by atoms with Crippen molar-refractivity contribution < 1.29 is 13.2 Å². The van der Waals surface area contributed by atoms with Gasteiger partial charge < -0.3 is 5.32 Å². The zero-order chi connectivity index (χ0) is 14.8. The Bertz CT molecular complexity index is 482. The van der Waals surface area contributed by atoms with E-state index in [0.717, 1.165) is 37.8 Å². The van der Waals surface area contributed by atoms with Gasteiger partial charge in [0, 0.05) is 26.2 Å². The molecule has 0 unspecified atom stereocenters. The third-order valence-electron chi connectivity index (χ3n) is 3.41. The van der Waals surface area contributed by atoms with Crippen LogP contribution >= 0.6 is 11.6 Å². The van der Waals surface area contributed by atoms with Crippen LogP contribution in [-0.2, 0) is 6.18 Å². The number of benzene rings is 1. The van der Waals surface area contributed by atoms with Crippen LogP contribution in [0.2, 0.25) is 5.02 Å². The van der Waals surface area contributed by atoms with Crippen LogP contribution in [0.4, 0.5) is 13.2 Å². The highest BCUT2D eigenvalue weighted by Crippen LogP contribution is 2.36.